The van der Waals surface area contributed by atoms with Crippen molar-refractivity contribution in [3.8, 4) is 11.1 Å². The Balaban J connectivity index is 2.66. The number of nitrogens with zero attached hydrogens (tertiary/aromatic N) is 2. The topological polar surface area (TPSA) is 130 Å². The molecular weight excluding hydrogens is 340 g/mol. The molecule has 0 atom stereocenters. The minimum Gasteiger partial charge on any atom is -0.267 e. The molecule has 0 aromatic heterocycles. The molecule has 126 valence electrons. The van der Waals surface area contributed by atoms with Crippen molar-refractivity contribution in [3.63, 3.8) is 0 Å². The molecule has 0 heterocycles. The summed E-state index contributed by atoms with van der Waals surface area (Å²) in [4.78, 5) is 20.1. The second-order valence-corrected chi connectivity index (χ2v) is 6.19. The molecule has 10 heteroatoms. The van der Waals surface area contributed by atoms with Gasteiger partial charge < -0.3 is 0 Å². The third kappa shape index (κ3) is 3.55. The number of hydrogen-bond acceptors (Lipinski definition) is 7. The van der Waals surface area contributed by atoms with Gasteiger partial charge >= 0.3 is 0 Å². The van der Waals surface area contributed by atoms with Crippen molar-refractivity contribution in [2.75, 3.05) is 6.61 Å². The third-order valence-electron chi connectivity index (χ3n) is 3.11. The molecule has 0 bridgehead atoms. The predicted molar refractivity (Wildman–Crippen MR) is 84.0 cm³/mol. The van der Waals surface area contributed by atoms with E-state index in [4.69, 9.17) is 4.18 Å². The summed E-state index contributed by atoms with van der Waals surface area (Å²) in [6.45, 7) is 1.40. The van der Waals surface area contributed by atoms with Crippen molar-refractivity contribution in [1.29, 1.82) is 0 Å². The van der Waals surface area contributed by atoms with Crippen molar-refractivity contribution >= 4 is 21.5 Å². The summed E-state index contributed by atoms with van der Waals surface area (Å²) in [6, 6.07) is 8.24. The smallest absolute Gasteiger partial charge is 0.267 e. The van der Waals surface area contributed by atoms with Gasteiger partial charge in [-0.2, -0.15) is 8.42 Å². The van der Waals surface area contributed by atoms with E-state index < -0.39 is 20.0 Å². The zero-order valence-corrected chi connectivity index (χ0v) is 13.2. The van der Waals surface area contributed by atoms with E-state index in [-0.39, 0.29) is 34.0 Å². The summed E-state index contributed by atoms with van der Waals surface area (Å²) < 4.78 is 29.1. The van der Waals surface area contributed by atoms with E-state index >= 15 is 0 Å². The maximum atomic E-state index is 12.2. The fourth-order valence-corrected chi connectivity index (χ4v) is 3.17. The Hall–Kier alpha value is -2.85. The van der Waals surface area contributed by atoms with Crippen LogP contribution in [0.4, 0.5) is 11.4 Å². The van der Waals surface area contributed by atoms with Gasteiger partial charge in [-0.1, -0.05) is 0 Å². The Kier molecular flexibility index (Phi) is 4.90. The Morgan fingerprint density at radius 1 is 0.958 bits per heavy atom. The molecule has 2 rings (SSSR count). The maximum Gasteiger partial charge on any atom is 0.297 e. The SMILES string of the molecule is CCOS(=O)(=O)c1ccc([N+](=O)[O-])cc1-c1ccc([N+](=O)[O-])cc1. The van der Waals surface area contributed by atoms with Gasteiger partial charge in [0.25, 0.3) is 21.5 Å². The van der Waals surface area contributed by atoms with Crippen molar-refractivity contribution < 1.29 is 22.4 Å². The minimum atomic E-state index is -4.11. The second-order valence-electron chi connectivity index (χ2n) is 4.60. The monoisotopic (exact) mass is 352 g/mol. The number of nitro groups is 2. The number of hydrogen-bond donors (Lipinski definition) is 0. The molecule has 0 aliphatic heterocycles. The van der Waals surface area contributed by atoms with Crippen LogP contribution in [0.1, 0.15) is 6.92 Å². The maximum absolute atomic E-state index is 12.2. The van der Waals surface area contributed by atoms with E-state index in [1.165, 1.54) is 31.2 Å². The fourth-order valence-electron chi connectivity index (χ4n) is 2.06. The lowest BCUT2D eigenvalue weighted by Gasteiger charge is -2.10. The summed E-state index contributed by atoms with van der Waals surface area (Å²) >= 11 is 0. The molecule has 0 saturated carbocycles. The molecule has 0 aliphatic carbocycles. The van der Waals surface area contributed by atoms with Gasteiger partial charge in [-0.25, -0.2) is 0 Å². The number of benzene rings is 2. The lowest BCUT2D eigenvalue weighted by Crippen LogP contribution is -2.08. The first kappa shape index (κ1) is 17.5. The highest BCUT2D eigenvalue weighted by Crippen LogP contribution is 2.32. The molecule has 0 fully saturated rings. The van der Waals surface area contributed by atoms with E-state index in [0.29, 0.717) is 0 Å². The highest BCUT2D eigenvalue weighted by Gasteiger charge is 2.23. The Labute approximate surface area is 136 Å². The largest absolute Gasteiger partial charge is 0.297 e. The van der Waals surface area contributed by atoms with Gasteiger partial charge in [0.2, 0.25) is 0 Å². The molecule has 24 heavy (non-hydrogen) atoms. The van der Waals surface area contributed by atoms with Crippen molar-refractivity contribution in [3.05, 3.63) is 62.7 Å². The van der Waals surface area contributed by atoms with Gasteiger partial charge in [-0.15, -0.1) is 0 Å². The van der Waals surface area contributed by atoms with Crippen LogP contribution in [-0.2, 0) is 14.3 Å². The molecule has 0 amide bonds. The molecule has 0 radical (unpaired) electrons. The van der Waals surface area contributed by atoms with Crippen LogP contribution >= 0.6 is 0 Å². The van der Waals surface area contributed by atoms with Crippen LogP contribution < -0.4 is 0 Å². The quantitative estimate of drug-likeness (QED) is 0.444. The zero-order chi connectivity index (χ0) is 17.9. The van der Waals surface area contributed by atoms with E-state index in [1.807, 2.05) is 0 Å². The van der Waals surface area contributed by atoms with E-state index in [2.05, 4.69) is 0 Å². The Bertz CT molecular complexity index is 892. The summed E-state index contributed by atoms with van der Waals surface area (Å²) in [5, 5.41) is 21.7. The van der Waals surface area contributed by atoms with Gasteiger partial charge in [0, 0.05) is 29.8 Å². The molecule has 0 spiro atoms. The van der Waals surface area contributed by atoms with Crippen molar-refractivity contribution in [2.24, 2.45) is 0 Å². The predicted octanol–water partition coefficient (Wildman–Crippen LogP) is 2.90. The highest BCUT2D eigenvalue weighted by molar-refractivity contribution is 7.87. The molecule has 0 N–H and O–H groups in total. The average Bonchev–Trinajstić information content (AvgIpc) is 2.54. The molecule has 9 nitrogen and oxygen atoms in total. The average molecular weight is 352 g/mol. The van der Waals surface area contributed by atoms with Crippen LogP contribution in [0.15, 0.2) is 47.4 Å². The van der Waals surface area contributed by atoms with Gasteiger partial charge in [-0.05, 0) is 30.7 Å². The number of nitro benzene ring substituents is 2. The molecule has 0 aliphatic rings. The first-order valence-corrected chi connectivity index (χ1v) is 8.10. The first-order valence-electron chi connectivity index (χ1n) is 6.69. The first-order chi connectivity index (χ1) is 11.3. The summed E-state index contributed by atoms with van der Waals surface area (Å²) in [6.07, 6.45) is 0. The van der Waals surface area contributed by atoms with Crippen LogP contribution in [0.2, 0.25) is 0 Å². The van der Waals surface area contributed by atoms with Crippen LogP contribution in [0, 0.1) is 20.2 Å². The fraction of sp³-hybridized carbons (Fsp3) is 0.143. The number of rotatable bonds is 6. The molecule has 0 saturated heterocycles. The Morgan fingerprint density at radius 2 is 1.50 bits per heavy atom. The van der Waals surface area contributed by atoms with Gasteiger partial charge in [-0.3, -0.25) is 24.4 Å². The van der Waals surface area contributed by atoms with Crippen molar-refractivity contribution in [1.82, 2.24) is 0 Å². The molecule has 2 aromatic carbocycles. The van der Waals surface area contributed by atoms with Crippen LogP contribution in [0.5, 0.6) is 0 Å². The number of non-ortho nitro benzene ring substituents is 2. The molecular formula is C14H12N2O7S. The summed E-state index contributed by atoms with van der Waals surface area (Å²) in [5.74, 6) is 0. The standard InChI is InChI=1S/C14H12N2O7S/c1-2-23-24(21,22)14-8-7-12(16(19)20)9-13(14)10-3-5-11(6-4-10)15(17)18/h3-9H,2H2,1H3. The lowest BCUT2D eigenvalue weighted by atomic mass is 10.0. The van der Waals surface area contributed by atoms with Gasteiger partial charge in [0.15, 0.2) is 0 Å². The molecule has 2 aromatic rings. The van der Waals surface area contributed by atoms with Crippen LogP contribution in [0.3, 0.4) is 0 Å². The zero-order valence-electron chi connectivity index (χ0n) is 12.4. The summed E-state index contributed by atoms with van der Waals surface area (Å²) in [7, 11) is -4.11. The lowest BCUT2D eigenvalue weighted by molar-refractivity contribution is -0.385. The van der Waals surface area contributed by atoms with E-state index in [0.717, 1.165) is 18.2 Å². The van der Waals surface area contributed by atoms with Gasteiger partial charge in [0.1, 0.15) is 4.90 Å². The highest BCUT2D eigenvalue weighted by atomic mass is 32.2. The van der Waals surface area contributed by atoms with Crippen LogP contribution in [0.25, 0.3) is 11.1 Å². The van der Waals surface area contributed by atoms with Crippen molar-refractivity contribution in [2.45, 2.75) is 11.8 Å². The molecule has 0 unspecified atom stereocenters. The minimum absolute atomic E-state index is 0.0348. The summed E-state index contributed by atoms with van der Waals surface area (Å²) in [5.41, 5.74) is -0.174. The van der Waals surface area contributed by atoms with Crippen LogP contribution in [-0.4, -0.2) is 24.9 Å². The second kappa shape index (κ2) is 6.72. The van der Waals surface area contributed by atoms with E-state index in [1.54, 1.807) is 0 Å². The normalized spacial score (nSPS) is 11.2. The third-order valence-corrected chi connectivity index (χ3v) is 4.55. The van der Waals surface area contributed by atoms with E-state index in [9.17, 15) is 28.6 Å². The van der Waals surface area contributed by atoms with Gasteiger partial charge in [0.05, 0.1) is 16.5 Å². The Morgan fingerprint density at radius 3 is 2.00 bits per heavy atom.